The zero-order chi connectivity index (χ0) is 13.5. The van der Waals surface area contributed by atoms with Gasteiger partial charge in [0.05, 0.1) is 7.11 Å². The quantitative estimate of drug-likeness (QED) is 0.782. The second-order valence-corrected chi connectivity index (χ2v) is 4.31. The van der Waals surface area contributed by atoms with Crippen LogP contribution in [0.4, 0.5) is 0 Å². The third-order valence-electron chi connectivity index (χ3n) is 3.15. The van der Waals surface area contributed by atoms with Gasteiger partial charge in [0.1, 0.15) is 5.75 Å². The summed E-state index contributed by atoms with van der Waals surface area (Å²) in [5.41, 5.74) is 1.15. The van der Waals surface area contributed by atoms with Gasteiger partial charge in [0, 0.05) is 0 Å². The SMILES string of the molecule is CCC(CC[C@H](O)C(=O)O)c1ccc(OC)cc1. The lowest BCUT2D eigenvalue weighted by molar-refractivity contribution is -0.147. The molecule has 0 heterocycles. The lowest BCUT2D eigenvalue weighted by atomic mass is 9.91. The van der Waals surface area contributed by atoms with Crippen LogP contribution in [0.2, 0.25) is 0 Å². The summed E-state index contributed by atoms with van der Waals surface area (Å²) in [6.07, 6.45) is 0.590. The Morgan fingerprint density at radius 3 is 2.33 bits per heavy atom. The van der Waals surface area contributed by atoms with Gasteiger partial charge in [-0.2, -0.15) is 0 Å². The Balaban J connectivity index is 2.62. The van der Waals surface area contributed by atoms with Crippen LogP contribution in [0.5, 0.6) is 5.75 Å². The van der Waals surface area contributed by atoms with Crippen LogP contribution in [0.1, 0.15) is 37.7 Å². The number of carboxylic acids is 1. The lowest BCUT2D eigenvalue weighted by Crippen LogP contribution is -2.20. The molecule has 1 unspecified atom stereocenters. The number of benzene rings is 1. The van der Waals surface area contributed by atoms with E-state index in [1.54, 1.807) is 7.11 Å². The number of carbonyl (C=O) groups is 1. The molecule has 0 saturated heterocycles. The van der Waals surface area contributed by atoms with Crippen molar-refractivity contribution < 1.29 is 19.7 Å². The number of aliphatic carboxylic acids is 1. The second-order valence-electron chi connectivity index (χ2n) is 4.31. The van der Waals surface area contributed by atoms with E-state index in [4.69, 9.17) is 9.84 Å². The standard InChI is InChI=1S/C14H20O4/c1-3-10(6-9-13(15)14(16)17)11-4-7-12(18-2)8-5-11/h4-5,7-8,10,13,15H,3,6,9H2,1-2H3,(H,16,17)/t10?,13-/m0/s1. The van der Waals surface area contributed by atoms with Crippen molar-refractivity contribution in [2.45, 2.75) is 38.2 Å². The van der Waals surface area contributed by atoms with E-state index in [0.29, 0.717) is 6.42 Å². The Morgan fingerprint density at radius 2 is 1.89 bits per heavy atom. The average molecular weight is 252 g/mol. The number of methoxy groups -OCH3 is 1. The van der Waals surface area contributed by atoms with Crippen molar-refractivity contribution >= 4 is 5.97 Å². The first-order valence-corrected chi connectivity index (χ1v) is 6.13. The highest BCUT2D eigenvalue weighted by Gasteiger charge is 2.16. The van der Waals surface area contributed by atoms with Crippen molar-refractivity contribution in [3.63, 3.8) is 0 Å². The van der Waals surface area contributed by atoms with Crippen LogP contribution >= 0.6 is 0 Å². The maximum Gasteiger partial charge on any atom is 0.332 e. The zero-order valence-corrected chi connectivity index (χ0v) is 10.8. The van der Waals surface area contributed by atoms with Gasteiger partial charge in [-0.1, -0.05) is 19.1 Å². The minimum absolute atomic E-state index is 0.268. The molecule has 0 saturated carbocycles. The first kappa shape index (κ1) is 14.5. The third kappa shape index (κ3) is 4.04. The van der Waals surface area contributed by atoms with E-state index in [1.807, 2.05) is 24.3 Å². The van der Waals surface area contributed by atoms with Gasteiger partial charge in [0.2, 0.25) is 0 Å². The van der Waals surface area contributed by atoms with Gasteiger partial charge in [-0.25, -0.2) is 4.79 Å². The Bertz CT molecular complexity index is 372. The molecule has 1 aromatic rings. The molecule has 18 heavy (non-hydrogen) atoms. The first-order valence-electron chi connectivity index (χ1n) is 6.13. The van der Waals surface area contributed by atoms with Crippen LogP contribution in [0.15, 0.2) is 24.3 Å². The predicted molar refractivity (Wildman–Crippen MR) is 68.9 cm³/mol. The highest BCUT2D eigenvalue weighted by atomic mass is 16.5. The second kappa shape index (κ2) is 7.01. The van der Waals surface area contributed by atoms with Gasteiger partial charge in [-0.15, -0.1) is 0 Å². The summed E-state index contributed by atoms with van der Waals surface area (Å²) in [7, 11) is 1.62. The molecule has 0 fully saturated rings. The first-order chi connectivity index (χ1) is 8.58. The molecule has 1 rings (SSSR count). The number of aliphatic hydroxyl groups excluding tert-OH is 1. The molecule has 4 nitrogen and oxygen atoms in total. The molecular formula is C14H20O4. The highest BCUT2D eigenvalue weighted by Crippen LogP contribution is 2.27. The van der Waals surface area contributed by atoms with Gasteiger partial charge in [0.25, 0.3) is 0 Å². The van der Waals surface area contributed by atoms with E-state index in [9.17, 15) is 9.90 Å². The number of aliphatic hydroxyl groups is 1. The minimum atomic E-state index is -1.27. The van der Waals surface area contributed by atoms with Crippen LogP contribution in [0.3, 0.4) is 0 Å². The van der Waals surface area contributed by atoms with Crippen molar-refractivity contribution in [2.75, 3.05) is 7.11 Å². The average Bonchev–Trinajstić information content (AvgIpc) is 2.39. The third-order valence-corrected chi connectivity index (χ3v) is 3.15. The maximum absolute atomic E-state index is 10.6. The summed E-state index contributed by atoms with van der Waals surface area (Å²) in [6.45, 7) is 2.06. The van der Waals surface area contributed by atoms with E-state index in [-0.39, 0.29) is 12.3 Å². The molecule has 0 spiro atoms. The van der Waals surface area contributed by atoms with E-state index in [2.05, 4.69) is 6.92 Å². The molecule has 2 atom stereocenters. The molecule has 0 bridgehead atoms. The Labute approximate surface area is 107 Å². The molecule has 0 amide bonds. The molecule has 0 aliphatic rings. The van der Waals surface area contributed by atoms with Crippen LogP contribution in [-0.4, -0.2) is 29.4 Å². The largest absolute Gasteiger partial charge is 0.497 e. The molecule has 4 heteroatoms. The summed E-state index contributed by atoms with van der Waals surface area (Å²) in [6, 6.07) is 7.76. The molecule has 0 radical (unpaired) electrons. The Kier molecular flexibility index (Phi) is 5.65. The highest BCUT2D eigenvalue weighted by molar-refractivity contribution is 5.71. The summed E-state index contributed by atoms with van der Waals surface area (Å²) in [5, 5.41) is 17.9. The number of ether oxygens (including phenoxy) is 1. The van der Waals surface area contributed by atoms with Crippen LogP contribution in [-0.2, 0) is 4.79 Å². The van der Waals surface area contributed by atoms with Crippen LogP contribution in [0.25, 0.3) is 0 Å². The van der Waals surface area contributed by atoms with Crippen molar-refractivity contribution in [3.8, 4) is 5.75 Å². The smallest absolute Gasteiger partial charge is 0.332 e. The molecular weight excluding hydrogens is 232 g/mol. The Morgan fingerprint density at radius 1 is 1.28 bits per heavy atom. The minimum Gasteiger partial charge on any atom is -0.497 e. The van der Waals surface area contributed by atoms with Gasteiger partial charge in [-0.3, -0.25) is 0 Å². The van der Waals surface area contributed by atoms with Gasteiger partial charge < -0.3 is 14.9 Å². The number of rotatable bonds is 7. The van der Waals surface area contributed by atoms with Crippen molar-refractivity contribution in [1.82, 2.24) is 0 Å². The topological polar surface area (TPSA) is 66.8 Å². The maximum atomic E-state index is 10.6. The van der Waals surface area contributed by atoms with Crippen molar-refractivity contribution in [2.24, 2.45) is 0 Å². The Hall–Kier alpha value is -1.55. The van der Waals surface area contributed by atoms with Crippen molar-refractivity contribution in [1.29, 1.82) is 0 Å². The van der Waals surface area contributed by atoms with Crippen LogP contribution in [0, 0.1) is 0 Å². The van der Waals surface area contributed by atoms with Gasteiger partial charge in [0.15, 0.2) is 6.10 Å². The molecule has 0 aromatic heterocycles. The normalized spacial score (nSPS) is 13.9. The van der Waals surface area contributed by atoms with E-state index < -0.39 is 12.1 Å². The molecule has 1 aromatic carbocycles. The van der Waals surface area contributed by atoms with Crippen molar-refractivity contribution in [3.05, 3.63) is 29.8 Å². The van der Waals surface area contributed by atoms with Gasteiger partial charge in [-0.05, 0) is 42.9 Å². The monoisotopic (exact) mass is 252 g/mol. The lowest BCUT2D eigenvalue weighted by Gasteiger charge is -2.16. The van der Waals surface area contributed by atoms with E-state index in [1.165, 1.54) is 0 Å². The number of hydrogen-bond acceptors (Lipinski definition) is 3. The predicted octanol–water partition coefficient (Wildman–Crippen LogP) is 2.41. The van der Waals surface area contributed by atoms with Gasteiger partial charge >= 0.3 is 5.97 Å². The summed E-state index contributed by atoms with van der Waals surface area (Å²) < 4.78 is 5.09. The number of hydrogen-bond donors (Lipinski definition) is 2. The fraction of sp³-hybridized carbons (Fsp3) is 0.500. The summed E-state index contributed by atoms with van der Waals surface area (Å²) in [4.78, 5) is 10.6. The number of carboxylic acid groups (broad SMARTS) is 1. The zero-order valence-electron chi connectivity index (χ0n) is 10.8. The summed E-state index contributed by atoms with van der Waals surface area (Å²) >= 11 is 0. The fourth-order valence-electron chi connectivity index (χ4n) is 1.97. The van der Waals surface area contributed by atoms with Crippen LogP contribution < -0.4 is 4.74 Å². The fourth-order valence-corrected chi connectivity index (χ4v) is 1.97. The molecule has 100 valence electrons. The van der Waals surface area contributed by atoms with E-state index >= 15 is 0 Å². The summed E-state index contributed by atoms with van der Waals surface area (Å²) in [5.74, 6) is -0.0799. The molecule has 2 N–H and O–H groups in total. The van der Waals surface area contributed by atoms with E-state index in [0.717, 1.165) is 17.7 Å². The molecule has 0 aliphatic heterocycles. The molecule has 0 aliphatic carbocycles.